The summed E-state index contributed by atoms with van der Waals surface area (Å²) in [5.74, 6) is -4.50. The molecule has 0 saturated carbocycles. The van der Waals surface area contributed by atoms with Crippen LogP contribution in [0.2, 0.25) is 0 Å². The summed E-state index contributed by atoms with van der Waals surface area (Å²) in [6.45, 7) is 22.3. The average Bonchev–Trinajstić information content (AvgIpc) is 0.785. The first-order valence-corrected chi connectivity index (χ1v) is 38.8. The maximum absolute atomic E-state index is 13.9. The minimum Gasteiger partial charge on any atom is -0.421 e. The second-order valence-corrected chi connectivity index (χ2v) is 27.5. The lowest BCUT2D eigenvalue weighted by molar-refractivity contribution is -0.144. The van der Waals surface area contributed by atoms with Crippen molar-refractivity contribution in [1.82, 2.24) is 0 Å². The topological polar surface area (TPSA) is 213 Å². The van der Waals surface area contributed by atoms with Gasteiger partial charge in [0.05, 0.1) is 36.6 Å². The Kier molecular flexibility index (Phi) is 45.2. The van der Waals surface area contributed by atoms with Gasteiger partial charge in [0, 0.05) is 0 Å². The van der Waals surface area contributed by atoms with Crippen molar-refractivity contribution in [2.75, 3.05) is 39.6 Å². The van der Waals surface area contributed by atoms with E-state index in [-0.39, 0.29) is 111 Å². The largest absolute Gasteiger partial charge is 0.421 e. The van der Waals surface area contributed by atoms with E-state index in [0.717, 1.165) is 193 Å². The van der Waals surface area contributed by atoms with E-state index in [9.17, 15) is 28.8 Å². The molecule has 4 aromatic rings. The van der Waals surface area contributed by atoms with E-state index < -0.39 is 35.8 Å². The van der Waals surface area contributed by atoms with Crippen LogP contribution in [0.25, 0.3) is 33.4 Å². The Morgan fingerprint density at radius 3 is 0.578 bits per heavy atom. The van der Waals surface area contributed by atoms with Crippen LogP contribution in [-0.4, -0.2) is 112 Å². The summed E-state index contributed by atoms with van der Waals surface area (Å²) < 4.78 is 71.7. The molecule has 102 heavy (non-hydrogen) atoms. The summed E-state index contributed by atoms with van der Waals surface area (Å²) in [5, 5.41) is 0. The van der Waals surface area contributed by atoms with Crippen LogP contribution >= 0.6 is 0 Å². The van der Waals surface area contributed by atoms with Gasteiger partial charge in [-0.05, 0) is 168 Å². The number of esters is 6. The molecule has 0 N–H and O–H groups in total. The smallest absolute Gasteiger partial charge is 0.337 e. The predicted molar refractivity (Wildman–Crippen MR) is 402 cm³/mol. The average molecular weight is 1420 g/mol. The van der Waals surface area contributed by atoms with Crippen LogP contribution < -0.4 is 28.4 Å². The van der Waals surface area contributed by atoms with Crippen molar-refractivity contribution < 1.29 is 85.6 Å². The fourth-order valence-electron chi connectivity index (χ4n) is 11.5. The first-order chi connectivity index (χ1) is 49.3. The van der Waals surface area contributed by atoms with Crippen LogP contribution in [-0.2, 0) is 57.2 Å². The van der Waals surface area contributed by atoms with E-state index in [0.29, 0.717) is 33.4 Å². The van der Waals surface area contributed by atoms with E-state index in [4.69, 9.17) is 56.8 Å². The minimum absolute atomic E-state index is 0.0307. The van der Waals surface area contributed by atoms with E-state index >= 15 is 0 Å². The number of unbranched alkanes of at least 4 members (excludes halogenated alkanes) is 18. The molecule has 0 amide bonds. The van der Waals surface area contributed by atoms with Crippen LogP contribution in [0.3, 0.4) is 0 Å². The Morgan fingerprint density at radius 2 is 0.402 bits per heavy atom. The summed E-state index contributed by atoms with van der Waals surface area (Å²) in [5.41, 5.74) is 3.13. The highest BCUT2D eigenvalue weighted by atomic mass is 16.6. The van der Waals surface area contributed by atoms with Gasteiger partial charge in [-0.1, -0.05) is 214 Å². The maximum atomic E-state index is 13.9. The van der Waals surface area contributed by atoms with Crippen molar-refractivity contribution in [3.8, 4) is 67.9 Å². The zero-order valence-corrected chi connectivity index (χ0v) is 64.2. The molecule has 0 aliphatic rings. The Hall–Kier alpha value is -6.54. The van der Waals surface area contributed by atoms with Gasteiger partial charge in [0.25, 0.3) is 0 Å². The fraction of sp³-hybridized carbons (Fsp3) is 0.643. The van der Waals surface area contributed by atoms with Gasteiger partial charge < -0.3 is 56.8 Å². The van der Waals surface area contributed by atoms with Gasteiger partial charge in [-0.2, -0.15) is 0 Å². The molecule has 0 heterocycles. The third-order valence-corrected chi connectivity index (χ3v) is 17.8. The molecule has 6 atom stereocenters. The van der Waals surface area contributed by atoms with Crippen molar-refractivity contribution >= 4 is 35.8 Å². The first kappa shape index (κ1) is 87.9. The number of rotatable bonds is 57. The molecule has 4 rings (SSSR count). The highest BCUT2D eigenvalue weighted by Crippen LogP contribution is 2.42. The molecule has 0 aliphatic heterocycles. The van der Waals surface area contributed by atoms with Crippen molar-refractivity contribution in [2.45, 2.75) is 312 Å². The van der Waals surface area contributed by atoms with Crippen LogP contribution in [0.4, 0.5) is 0 Å². The lowest BCUT2D eigenvalue weighted by atomic mass is 9.93. The lowest BCUT2D eigenvalue weighted by Crippen LogP contribution is -2.22. The Labute approximate surface area is 611 Å². The fourth-order valence-corrected chi connectivity index (χ4v) is 11.5. The molecule has 18 nitrogen and oxygen atoms in total. The highest BCUT2D eigenvalue weighted by Gasteiger charge is 2.24. The Morgan fingerprint density at radius 1 is 0.225 bits per heavy atom. The monoisotopic (exact) mass is 1420 g/mol. The minimum atomic E-state index is -0.715. The van der Waals surface area contributed by atoms with Crippen LogP contribution in [0.5, 0.6) is 34.5 Å². The number of carbonyl (C=O) groups is 6. The summed E-state index contributed by atoms with van der Waals surface area (Å²) in [6.07, 6.45) is 28.7. The number of hydrogen-bond acceptors (Lipinski definition) is 18. The van der Waals surface area contributed by atoms with Crippen LogP contribution in [0.1, 0.15) is 276 Å². The molecular formula is C84H126O18. The molecule has 570 valence electrons. The molecule has 0 spiro atoms. The van der Waals surface area contributed by atoms with Crippen molar-refractivity contribution in [3.63, 3.8) is 0 Å². The number of benzene rings is 4. The normalized spacial score (nSPS) is 13.2. The molecule has 0 aromatic heterocycles. The number of carbonyl (C=O) groups excluding carboxylic acids is 6. The first-order valence-electron chi connectivity index (χ1n) is 38.8. The van der Waals surface area contributed by atoms with Gasteiger partial charge in [-0.3, -0.25) is 0 Å². The van der Waals surface area contributed by atoms with Gasteiger partial charge >= 0.3 is 35.8 Å². The van der Waals surface area contributed by atoms with Gasteiger partial charge in [0.2, 0.25) is 0 Å². The summed E-state index contributed by atoms with van der Waals surface area (Å²) >= 11 is 0. The maximum Gasteiger partial charge on any atom is 0.337 e. The Bertz CT molecular complexity index is 2720. The third-order valence-electron chi connectivity index (χ3n) is 17.8. The summed E-state index contributed by atoms with van der Waals surface area (Å²) in [7, 11) is 0. The van der Waals surface area contributed by atoms with Crippen molar-refractivity contribution in [3.05, 3.63) is 72.8 Å². The molecule has 0 saturated heterocycles. The van der Waals surface area contributed by atoms with Crippen molar-refractivity contribution in [1.29, 1.82) is 0 Å². The number of ether oxygens (including phenoxy) is 12. The quantitative estimate of drug-likeness (QED) is 0.0228. The molecule has 0 fully saturated rings. The van der Waals surface area contributed by atoms with E-state index in [1.54, 1.807) is 54.6 Å². The van der Waals surface area contributed by atoms with Gasteiger partial charge in [0.1, 0.15) is 39.6 Å². The van der Waals surface area contributed by atoms with Crippen LogP contribution in [0.15, 0.2) is 72.8 Å². The predicted octanol–water partition coefficient (Wildman–Crippen LogP) is 20.4. The molecule has 4 aromatic carbocycles. The highest BCUT2D eigenvalue weighted by molar-refractivity contribution is 5.86. The van der Waals surface area contributed by atoms with Gasteiger partial charge in [-0.25, -0.2) is 28.8 Å². The molecule has 18 heteroatoms. The zero-order chi connectivity index (χ0) is 74.3. The summed E-state index contributed by atoms with van der Waals surface area (Å²) in [6, 6.07) is 20.2. The molecule has 0 bridgehead atoms. The zero-order valence-electron chi connectivity index (χ0n) is 64.2. The van der Waals surface area contributed by atoms with E-state index in [1.165, 1.54) is 0 Å². The SMILES string of the molecule is CCCCCC[C@@H](C)OCC(=O)Oc1ccc(-c2cc(-c3ccc(OC(=O)CO[C@H](C)CCCCCC)c(OC(=O)CO[C@H](C)CCCCCC)c3)cc(-c3ccc(OC(=O)CO[C@H](C)CCCCCC)c(OC(=O)CO[C@H](C)CCCCCC)c3)c2)cc1OC(=O)CO[C@H](C)CCCCCC. The number of hydrogen-bond donors (Lipinski definition) is 0. The second kappa shape index (κ2) is 52.4. The van der Waals surface area contributed by atoms with Crippen LogP contribution in [0, 0.1) is 0 Å². The van der Waals surface area contributed by atoms with E-state index in [1.807, 2.05) is 59.7 Å². The molecule has 0 aliphatic carbocycles. The second-order valence-electron chi connectivity index (χ2n) is 27.5. The van der Waals surface area contributed by atoms with Gasteiger partial charge in [0.15, 0.2) is 34.5 Å². The Balaban J connectivity index is 1.94. The standard InChI is InChI=1S/C84H126O18/c1-13-19-25-31-37-61(7)91-55-79(85)97-73-46-43-67(52-76(73)100-82(88)58-94-64(10)40-34-28-22-16-4)70-49-71(68-44-47-74(98-80(86)56-92-62(8)38-32-26-20-14-2)77(53-68)101-83(89)59-95-65(11)41-35-29-23-17-5)51-72(50-70)69-45-48-75(99-81(87)57-93-63(9)39-33-27-21-15-3)78(54-69)102-84(90)60-96-66(12)42-36-30-24-18-6/h43-54,61-66H,13-42,55-60H2,1-12H3/t61-,62-,63-,64-,65-,66-/m1/s1. The molecule has 0 unspecified atom stereocenters. The van der Waals surface area contributed by atoms with Crippen molar-refractivity contribution in [2.24, 2.45) is 0 Å². The lowest BCUT2D eigenvalue weighted by Gasteiger charge is -2.18. The van der Waals surface area contributed by atoms with Gasteiger partial charge in [-0.15, -0.1) is 0 Å². The third kappa shape index (κ3) is 37.2. The van der Waals surface area contributed by atoms with E-state index in [2.05, 4.69) is 41.5 Å². The molecule has 0 radical (unpaired) electrons. The summed E-state index contributed by atoms with van der Waals surface area (Å²) in [4.78, 5) is 82.5. The molecular weight excluding hydrogens is 1300 g/mol.